The Bertz CT molecular complexity index is 1200. The molecule has 172 valence electrons. The SMILES string of the molecule is CN(C)Cc1nsc(NC(=O)N2CC3C[C@@H](N(C)c4c(C#N)cnc5[nH]ccc45)C[C@@H]3C2)n1. The van der Waals surface area contributed by atoms with E-state index >= 15 is 0 Å². The molecule has 0 aromatic carbocycles. The fraction of sp³-hybridized carbons (Fsp3) is 0.500. The average Bonchev–Trinajstić information content (AvgIpc) is 3.55. The van der Waals surface area contributed by atoms with Crippen molar-refractivity contribution in [3.05, 3.63) is 29.8 Å². The Kier molecular flexibility index (Phi) is 5.64. The number of carbonyl (C=O) groups excluding carboxylic acids is 1. The van der Waals surface area contributed by atoms with Gasteiger partial charge in [0.25, 0.3) is 0 Å². The predicted molar refractivity (Wildman–Crippen MR) is 127 cm³/mol. The summed E-state index contributed by atoms with van der Waals surface area (Å²) in [4.78, 5) is 30.8. The van der Waals surface area contributed by atoms with E-state index in [-0.39, 0.29) is 6.03 Å². The number of rotatable bonds is 5. The number of aromatic nitrogens is 4. The third-order valence-electron chi connectivity index (χ3n) is 6.73. The van der Waals surface area contributed by atoms with Gasteiger partial charge in [-0.3, -0.25) is 5.32 Å². The number of fused-ring (bicyclic) bond motifs is 2. The maximum atomic E-state index is 12.8. The molecule has 3 aromatic heterocycles. The molecule has 0 spiro atoms. The molecule has 3 atom stereocenters. The molecule has 2 amide bonds. The van der Waals surface area contributed by atoms with Gasteiger partial charge < -0.3 is 19.7 Å². The van der Waals surface area contributed by atoms with Crippen molar-refractivity contribution in [1.29, 1.82) is 5.26 Å². The summed E-state index contributed by atoms with van der Waals surface area (Å²) in [5.41, 5.74) is 2.32. The minimum Gasteiger partial charge on any atom is -0.370 e. The molecule has 5 rings (SSSR count). The number of urea groups is 1. The lowest BCUT2D eigenvalue weighted by Gasteiger charge is -2.29. The van der Waals surface area contributed by atoms with E-state index in [1.54, 1.807) is 6.20 Å². The van der Waals surface area contributed by atoms with Crippen LogP contribution in [0, 0.1) is 23.2 Å². The number of nitrogens with one attached hydrogen (secondary N) is 2. The van der Waals surface area contributed by atoms with Gasteiger partial charge in [-0.2, -0.15) is 9.64 Å². The first-order valence-electron chi connectivity index (χ1n) is 11.0. The Hall–Kier alpha value is -3.23. The largest absolute Gasteiger partial charge is 0.370 e. The Morgan fingerprint density at radius 1 is 1.33 bits per heavy atom. The molecule has 4 heterocycles. The van der Waals surface area contributed by atoms with Crippen molar-refractivity contribution < 1.29 is 4.79 Å². The average molecular weight is 466 g/mol. The lowest BCUT2D eigenvalue weighted by Crippen LogP contribution is -2.36. The highest BCUT2D eigenvalue weighted by molar-refractivity contribution is 7.09. The molecule has 0 bridgehead atoms. The highest BCUT2D eigenvalue weighted by Gasteiger charge is 2.44. The number of anilines is 2. The zero-order valence-electron chi connectivity index (χ0n) is 18.9. The summed E-state index contributed by atoms with van der Waals surface area (Å²) in [5.74, 6) is 1.63. The highest BCUT2D eigenvalue weighted by atomic mass is 32.1. The van der Waals surface area contributed by atoms with E-state index in [0.29, 0.717) is 40.9 Å². The lowest BCUT2D eigenvalue weighted by molar-refractivity contribution is 0.218. The number of nitrogens with zero attached hydrogens (tertiary/aromatic N) is 7. The van der Waals surface area contributed by atoms with Gasteiger partial charge in [-0.25, -0.2) is 14.8 Å². The van der Waals surface area contributed by atoms with Gasteiger partial charge in [0.05, 0.1) is 17.8 Å². The van der Waals surface area contributed by atoms with Crippen molar-refractivity contribution in [2.75, 3.05) is 44.4 Å². The number of likely N-dealkylation sites (tertiary alicyclic amines) is 1. The summed E-state index contributed by atoms with van der Waals surface area (Å²) in [7, 11) is 5.99. The van der Waals surface area contributed by atoms with E-state index in [1.165, 1.54) is 11.5 Å². The van der Waals surface area contributed by atoms with E-state index in [0.717, 1.165) is 42.7 Å². The number of hydrogen-bond donors (Lipinski definition) is 2. The fourth-order valence-corrected chi connectivity index (χ4v) is 5.78. The van der Waals surface area contributed by atoms with Crippen LogP contribution in [0.5, 0.6) is 0 Å². The van der Waals surface area contributed by atoms with Crippen molar-refractivity contribution in [3.63, 3.8) is 0 Å². The normalized spacial score (nSPS) is 22.0. The van der Waals surface area contributed by atoms with Crippen LogP contribution in [0.15, 0.2) is 18.5 Å². The number of aromatic amines is 1. The molecule has 1 aliphatic heterocycles. The molecule has 2 N–H and O–H groups in total. The Morgan fingerprint density at radius 3 is 2.79 bits per heavy atom. The van der Waals surface area contributed by atoms with E-state index in [2.05, 4.69) is 42.7 Å². The fourth-order valence-electron chi connectivity index (χ4n) is 5.21. The number of H-pyrrole nitrogens is 1. The van der Waals surface area contributed by atoms with Gasteiger partial charge in [0.2, 0.25) is 5.13 Å². The first-order valence-corrected chi connectivity index (χ1v) is 11.8. The maximum absolute atomic E-state index is 12.8. The second-order valence-electron chi connectivity index (χ2n) is 9.22. The first kappa shape index (κ1) is 21.6. The minimum atomic E-state index is -0.100. The van der Waals surface area contributed by atoms with Gasteiger partial charge in [0, 0.05) is 55.5 Å². The van der Waals surface area contributed by atoms with Crippen LogP contribution in [0.3, 0.4) is 0 Å². The number of nitriles is 1. The molecule has 3 aromatic rings. The molecule has 11 heteroatoms. The van der Waals surface area contributed by atoms with Crippen molar-refractivity contribution in [1.82, 2.24) is 29.1 Å². The molecule has 2 aliphatic rings. The van der Waals surface area contributed by atoms with Crippen molar-refractivity contribution in [2.24, 2.45) is 11.8 Å². The number of carbonyl (C=O) groups is 1. The summed E-state index contributed by atoms with van der Waals surface area (Å²) in [5, 5.41) is 14.1. The van der Waals surface area contributed by atoms with Gasteiger partial charge in [-0.05, 0) is 44.8 Å². The number of pyridine rings is 1. The van der Waals surface area contributed by atoms with Gasteiger partial charge in [-0.1, -0.05) is 0 Å². The molecule has 1 aliphatic carbocycles. The molecule has 10 nitrogen and oxygen atoms in total. The second-order valence-corrected chi connectivity index (χ2v) is 9.97. The predicted octanol–water partition coefficient (Wildman–Crippen LogP) is 2.73. The summed E-state index contributed by atoms with van der Waals surface area (Å²) in [6.07, 6.45) is 5.49. The lowest BCUT2D eigenvalue weighted by atomic mass is 10.0. The van der Waals surface area contributed by atoms with Crippen molar-refractivity contribution in [3.8, 4) is 6.07 Å². The van der Waals surface area contributed by atoms with Crippen LogP contribution in [0.1, 0.15) is 24.2 Å². The third-order valence-corrected chi connectivity index (χ3v) is 7.40. The second kappa shape index (κ2) is 8.61. The molecular formula is C22H27N9OS. The summed E-state index contributed by atoms with van der Waals surface area (Å²) >= 11 is 1.22. The van der Waals surface area contributed by atoms with Gasteiger partial charge in [0.15, 0.2) is 5.82 Å². The molecule has 2 fully saturated rings. The molecule has 1 saturated heterocycles. The van der Waals surface area contributed by atoms with Gasteiger partial charge in [0.1, 0.15) is 11.7 Å². The Balaban J connectivity index is 1.22. The van der Waals surface area contributed by atoms with Crippen molar-refractivity contribution in [2.45, 2.75) is 25.4 Å². The van der Waals surface area contributed by atoms with Crippen LogP contribution in [-0.2, 0) is 6.54 Å². The van der Waals surface area contributed by atoms with Crippen LogP contribution in [-0.4, -0.2) is 75.4 Å². The molecule has 33 heavy (non-hydrogen) atoms. The van der Waals surface area contributed by atoms with Crippen LogP contribution in [0.2, 0.25) is 0 Å². The zero-order valence-corrected chi connectivity index (χ0v) is 19.8. The number of hydrogen-bond acceptors (Lipinski definition) is 8. The van der Waals surface area contributed by atoms with Crippen molar-refractivity contribution >= 4 is 39.4 Å². The smallest absolute Gasteiger partial charge is 0.323 e. The standard InChI is InChI=1S/C22H27N9OS/c1-29(2)12-18-26-21(33-28-18)27-22(32)31-10-13-6-16(7-14(13)11-31)30(3)19-15(8-23)9-25-20-17(19)4-5-24-20/h4-5,9,13-14,16H,6-7,10-12H2,1-3H3,(H,24,25)(H,26,27,28,32)/t13-,14?,16+/m1/s1. The maximum Gasteiger partial charge on any atom is 0.323 e. The quantitative estimate of drug-likeness (QED) is 0.595. The zero-order chi connectivity index (χ0) is 23.1. The molecule has 0 radical (unpaired) electrons. The van der Waals surface area contributed by atoms with E-state index < -0.39 is 0 Å². The summed E-state index contributed by atoms with van der Waals surface area (Å²) in [6.45, 7) is 2.13. The minimum absolute atomic E-state index is 0.100. The third kappa shape index (κ3) is 4.12. The van der Waals surface area contributed by atoms with Gasteiger partial charge in [-0.15, -0.1) is 0 Å². The molecule has 1 unspecified atom stereocenters. The first-order chi connectivity index (χ1) is 15.9. The van der Waals surface area contributed by atoms with E-state index in [4.69, 9.17) is 0 Å². The van der Waals surface area contributed by atoms with Crippen LogP contribution in [0.4, 0.5) is 15.6 Å². The Morgan fingerprint density at radius 2 is 2.09 bits per heavy atom. The number of amides is 2. The van der Waals surface area contributed by atoms with Crippen LogP contribution < -0.4 is 10.2 Å². The van der Waals surface area contributed by atoms with Gasteiger partial charge >= 0.3 is 6.03 Å². The topological polar surface area (TPSA) is 117 Å². The molecule has 1 saturated carbocycles. The van der Waals surface area contributed by atoms with Crippen LogP contribution in [0.25, 0.3) is 11.0 Å². The Labute approximate surface area is 196 Å². The monoisotopic (exact) mass is 465 g/mol. The highest BCUT2D eigenvalue weighted by Crippen LogP contribution is 2.42. The van der Waals surface area contributed by atoms with Crippen LogP contribution >= 0.6 is 11.5 Å². The van der Waals surface area contributed by atoms with E-state index in [1.807, 2.05) is 36.2 Å². The molecular weight excluding hydrogens is 438 g/mol. The summed E-state index contributed by atoms with van der Waals surface area (Å²) in [6, 6.07) is 4.51. The summed E-state index contributed by atoms with van der Waals surface area (Å²) < 4.78 is 4.30. The van der Waals surface area contributed by atoms with E-state index in [9.17, 15) is 10.1 Å².